The first kappa shape index (κ1) is 18.4. The summed E-state index contributed by atoms with van der Waals surface area (Å²) in [5, 5.41) is 3.61. The van der Waals surface area contributed by atoms with E-state index < -0.39 is 0 Å². The van der Waals surface area contributed by atoms with E-state index >= 15 is 0 Å². The Bertz CT molecular complexity index is 453. The van der Waals surface area contributed by atoms with Gasteiger partial charge in [0.05, 0.1) is 0 Å². The van der Waals surface area contributed by atoms with E-state index in [0.29, 0.717) is 11.5 Å². The molecule has 2 aliphatic carbocycles. The van der Waals surface area contributed by atoms with Crippen LogP contribution in [0, 0.1) is 29.1 Å². The molecule has 0 bridgehead atoms. The van der Waals surface area contributed by atoms with Crippen LogP contribution in [0.5, 0.6) is 0 Å². The molecule has 2 rings (SSSR count). The molecule has 0 aliphatic heterocycles. The van der Waals surface area contributed by atoms with E-state index in [0.717, 1.165) is 35.8 Å². The van der Waals surface area contributed by atoms with Crippen molar-refractivity contribution in [1.82, 2.24) is 5.32 Å². The minimum Gasteiger partial charge on any atom is -0.379 e. The van der Waals surface area contributed by atoms with E-state index in [1.807, 2.05) is 6.08 Å². The third-order valence-electron chi connectivity index (χ3n) is 6.67. The zero-order valence-corrected chi connectivity index (χ0v) is 15.8. The van der Waals surface area contributed by atoms with Gasteiger partial charge in [0.2, 0.25) is 0 Å². The predicted molar refractivity (Wildman–Crippen MR) is 102 cm³/mol. The summed E-state index contributed by atoms with van der Waals surface area (Å²) < 4.78 is 0. The van der Waals surface area contributed by atoms with Crippen molar-refractivity contribution in [1.29, 1.82) is 0 Å². The predicted octanol–water partition coefficient (Wildman–Crippen LogP) is 6.10. The average Bonchev–Trinajstić information content (AvgIpc) is 2.87. The van der Waals surface area contributed by atoms with Gasteiger partial charge in [0.1, 0.15) is 0 Å². The number of allylic oxidation sites excluding steroid dienone is 1. The fourth-order valence-electron chi connectivity index (χ4n) is 5.47. The van der Waals surface area contributed by atoms with Crippen LogP contribution in [-0.2, 0) is 0 Å². The molecule has 1 nitrogen and oxygen atoms in total. The molecule has 1 heteroatoms. The summed E-state index contributed by atoms with van der Waals surface area (Å²) in [7, 11) is 0. The van der Waals surface area contributed by atoms with Gasteiger partial charge in [0.25, 0.3) is 0 Å². The highest BCUT2D eigenvalue weighted by molar-refractivity contribution is 5.19. The third kappa shape index (κ3) is 3.92. The number of rotatable bonds is 9. The highest BCUT2D eigenvalue weighted by Gasteiger charge is 2.58. The molecule has 2 saturated carbocycles. The Kier molecular flexibility index (Phi) is 5.81. The summed E-state index contributed by atoms with van der Waals surface area (Å²) in [6.07, 6.45) is 9.65. The Labute approximate surface area is 144 Å². The molecule has 0 aromatic heterocycles. The van der Waals surface area contributed by atoms with Gasteiger partial charge < -0.3 is 5.32 Å². The van der Waals surface area contributed by atoms with Crippen LogP contribution >= 0.6 is 0 Å². The van der Waals surface area contributed by atoms with Crippen molar-refractivity contribution in [2.75, 3.05) is 0 Å². The van der Waals surface area contributed by atoms with Gasteiger partial charge in [-0.25, -0.2) is 0 Å². The van der Waals surface area contributed by atoms with Crippen LogP contribution in [0.25, 0.3) is 0 Å². The number of nitrogens with one attached hydrogen (secondary N) is 1. The lowest BCUT2D eigenvalue weighted by atomic mass is 9.84. The largest absolute Gasteiger partial charge is 0.379 e. The van der Waals surface area contributed by atoms with E-state index in [4.69, 9.17) is 0 Å². The summed E-state index contributed by atoms with van der Waals surface area (Å²) in [5.41, 5.74) is 2.84. The number of hydrogen-bond donors (Lipinski definition) is 1. The van der Waals surface area contributed by atoms with Gasteiger partial charge in [-0.15, -0.1) is 0 Å². The van der Waals surface area contributed by atoms with Crippen molar-refractivity contribution >= 4 is 0 Å². The molecule has 130 valence electrons. The van der Waals surface area contributed by atoms with Gasteiger partial charge in [0.15, 0.2) is 0 Å². The van der Waals surface area contributed by atoms with E-state index in [-0.39, 0.29) is 0 Å². The van der Waals surface area contributed by atoms with E-state index in [1.165, 1.54) is 37.7 Å². The van der Waals surface area contributed by atoms with Crippen molar-refractivity contribution in [3.63, 3.8) is 0 Å². The lowest BCUT2D eigenvalue weighted by Gasteiger charge is -2.30. The highest BCUT2D eigenvalue weighted by atomic mass is 14.9. The molecular weight excluding hydrogens is 278 g/mol. The van der Waals surface area contributed by atoms with Crippen molar-refractivity contribution in [2.24, 2.45) is 29.1 Å². The standard InChI is InChI=1S/C22H37N/c1-8-17(5)23-21(18-12-10-11-13-18)16(4)14-15(3)20-19(9-2)22(20,6)7/h8,15,18-21,23H,1,4-5,9-14H2,2-3,6-7H3. The Morgan fingerprint density at radius 3 is 2.35 bits per heavy atom. The lowest BCUT2D eigenvalue weighted by molar-refractivity contribution is 0.373. The molecule has 0 aromatic carbocycles. The molecule has 1 N–H and O–H groups in total. The van der Waals surface area contributed by atoms with Crippen LogP contribution in [0.4, 0.5) is 0 Å². The highest BCUT2D eigenvalue weighted by Crippen LogP contribution is 2.64. The molecule has 2 fully saturated rings. The second kappa shape index (κ2) is 7.28. The summed E-state index contributed by atoms with van der Waals surface area (Å²) in [4.78, 5) is 0. The molecule has 23 heavy (non-hydrogen) atoms. The van der Waals surface area contributed by atoms with Gasteiger partial charge >= 0.3 is 0 Å². The normalized spacial score (nSPS) is 28.9. The van der Waals surface area contributed by atoms with Crippen molar-refractivity contribution in [2.45, 2.75) is 72.3 Å². The first-order valence-corrected chi connectivity index (χ1v) is 9.58. The first-order valence-electron chi connectivity index (χ1n) is 9.58. The number of hydrogen-bond acceptors (Lipinski definition) is 1. The van der Waals surface area contributed by atoms with Crippen LogP contribution in [0.3, 0.4) is 0 Å². The SMILES string of the molecule is C=CC(=C)NC(C(=C)CC(C)C1C(CC)C1(C)C)C1CCCC1. The summed E-state index contributed by atoms with van der Waals surface area (Å²) in [5.74, 6) is 3.20. The molecule has 4 unspecified atom stereocenters. The molecule has 2 aliphatic rings. The van der Waals surface area contributed by atoms with Crippen LogP contribution in [-0.4, -0.2) is 6.04 Å². The molecule has 0 spiro atoms. The van der Waals surface area contributed by atoms with Gasteiger partial charge in [-0.3, -0.25) is 0 Å². The molecule has 0 heterocycles. The Morgan fingerprint density at radius 1 is 1.26 bits per heavy atom. The van der Waals surface area contributed by atoms with Gasteiger partial charge in [-0.1, -0.05) is 72.3 Å². The van der Waals surface area contributed by atoms with Gasteiger partial charge in [0, 0.05) is 11.7 Å². The zero-order valence-electron chi connectivity index (χ0n) is 15.8. The monoisotopic (exact) mass is 315 g/mol. The smallest absolute Gasteiger partial charge is 0.0499 e. The fourth-order valence-corrected chi connectivity index (χ4v) is 5.47. The lowest BCUT2D eigenvalue weighted by Crippen LogP contribution is -2.36. The van der Waals surface area contributed by atoms with Crippen molar-refractivity contribution in [3.05, 3.63) is 37.1 Å². The second-order valence-corrected chi connectivity index (χ2v) is 8.60. The fraction of sp³-hybridized carbons (Fsp3) is 0.727. The molecule has 0 saturated heterocycles. The topological polar surface area (TPSA) is 12.0 Å². The van der Waals surface area contributed by atoms with Crippen LogP contribution < -0.4 is 5.32 Å². The minimum absolute atomic E-state index is 0.382. The Hall–Kier alpha value is -0.980. The maximum Gasteiger partial charge on any atom is 0.0499 e. The van der Waals surface area contributed by atoms with Gasteiger partial charge in [-0.2, -0.15) is 0 Å². The Balaban J connectivity index is 1.99. The first-order chi connectivity index (χ1) is 10.8. The molecule has 4 atom stereocenters. The summed E-state index contributed by atoms with van der Waals surface area (Å²) in [6, 6.07) is 0.382. The van der Waals surface area contributed by atoms with E-state index in [9.17, 15) is 0 Å². The second-order valence-electron chi connectivity index (χ2n) is 8.60. The average molecular weight is 316 g/mol. The van der Waals surface area contributed by atoms with Gasteiger partial charge in [-0.05, 0) is 54.4 Å². The summed E-state index contributed by atoms with van der Waals surface area (Å²) in [6.45, 7) is 22.1. The van der Waals surface area contributed by atoms with E-state index in [2.05, 4.69) is 52.7 Å². The van der Waals surface area contributed by atoms with Crippen molar-refractivity contribution < 1.29 is 0 Å². The van der Waals surface area contributed by atoms with Crippen LogP contribution in [0.1, 0.15) is 66.2 Å². The Morgan fingerprint density at radius 2 is 1.87 bits per heavy atom. The molecular formula is C22H37N. The van der Waals surface area contributed by atoms with Crippen LogP contribution in [0.15, 0.2) is 37.1 Å². The summed E-state index contributed by atoms with van der Waals surface area (Å²) >= 11 is 0. The van der Waals surface area contributed by atoms with Crippen LogP contribution in [0.2, 0.25) is 0 Å². The molecule has 0 aromatic rings. The maximum absolute atomic E-state index is 4.50. The zero-order chi connectivity index (χ0) is 17.2. The van der Waals surface area contributed by atoms with E-state index in [1.54, 1.807) is 0 Å². The quantitative estimate of drug-likeness (QED) is 0.400. The molecule has 0 amide bonds. The molecule has 0 radical (unpaired) electrons. The van der Waals surface area contributed by atoms with Crippen molar-refractivity contribution in [3.8, 4) is 0 Å². The third-order valence-corrected chi connectivity index (χ3v) is 6.67. The minimum atomic E-state index is 0.382. The maximum atomic E-state index is 4.50.